The quantitative estimate of drug-likeness (QED) is 0.719. The number of hydrogen-bond donors (Lipinski definition) is 2. The fourth-order valence-corrected chi connectivity index (χ4v) is 7.88. The number of urea groups is 1. The van der Waals surface area contributed by atoms with Gasteiger partial charge in [-0.15, -0.1) is 0 Å². The number of nitrogens with one attached hydrogen (secondary N) is 2. The van der Waals surface area contributed by atoms with E-state index < -0.39 is 0 Å². The van der Waals surface area contributed by atoms with Crippen LogP contribution in [0.5, 0.6) is 0 Å². The standard InChI is InChI=1S/C24H35N3O/c1-15-2-3-20-21(8-15)25-14-24(20)4-6-27(7-5-24)23(28)26-22-18-10-16-9-17(12-18)13-19(22)11-16/h2-3,15-19,22,25H,4-14H2,1H3,(H,26,28). The fourth-order valence-electron chi connectivity index (χ4n) is 7.88. The number of amides is 2. The van der Waals surface area contributed by atoms with Crippen molar-refractivity contribution in [1.82, 2.24) is 15.5 Å². The smallest absolute Gasteiger partial charge is 0.317 e. The normalized spacial score (nSPS) is 42.7. The summed E-state index contributed by atoms with van der Waals surface area (Å²) >= 11 is 0. The topological polar surface area (TPSA) is 44.4 Å². The Labute approximate surface area is 169 Å². The molecule has 5 aliphatic carbocycles. The summed E-state index contributed by atoms with van der Waals surface area (Å²) in [6.45, 7) is 5.17. The Morgan fingerprint density at radius 2 is 1.79 bits per heavy atom. The lowest BCUT2D eigenvalue weighted by Gasteiger charge is -2.54. The van der Waals surface area contributed by atoms with E-state index in [2.05, 4.69) is 34.6 Å². The molecule has 0 aromatic rings. The highest BCUT2D eigenvalue weighted by Gasteiger charge is 2.49. The summed E-state index contributed by atoms with van der Waals surface area (Å²) in [5.41, 5.74) is 3.29. The molecule has 1 saturated heterocycles. The van der Waals surface area contributed by atoms with E-state index in [-0.39, 0.29) is 11.4 Å². The number of likely N-dealkylation sites (tertiary alicyclic amines) is 1. The molecule has 2 heterocycles. The zero-order valence-corrected chi connectivity index (χ0v) is 17.3. The Balaban J connectivity index is 1.09. The Morgan fingerprint density at radius 3 is 2.46 bits per heavy atom. The van der Waals surface area contributed by atoms with Crippen molar-refractivity contribution in [3.8, 4) is 0 Å². The first kappa shape index (κ1) is 17.4. The van der Waals surface area contributed by atoms with Crippen molar-refractivity contribution in [2.75, 3.05) is 19.6 Å². The van der Waals surface area contributed by atoms with Gasteiger partial charge in [-0.2, -0.15) is 0 Å². The first-order valence-corrected chi connectivity index (χ1v) is 11.8. The van der Waals surface area contributed by atoms with Crippen LogP contribution in [0.25, 0.3) is 0 Å². The van der Waals surface area contributed by atoms with Crippen LogP contribution in [0.4, 0.5) is 4.79 Å². The lowest BCUT2D eigenvalue weighted by Crippen LogP contribution is -2.59. The van der Waals surface area contributed by atoms with Crippen LogP contribution in [0.15, 0.2) is 23.4 Å². The molecule has 1 spiro atoms. The molecule has 7 aliphatic rings. The summed E-state index contributed by atoms with van der Waals surface area (Å²) in [6, 6.07) is 0.682. The number of fused-ring (bicyclic) bond motifs is 1. The largest absolute Gasteiger partial charge is 0.387 e. The second-order valence-corrected chi connectivity index (χ2v) is 11.0. The summed E-state index contributed by atoms with van der Waals surface area (Å²) in [4.78, 5) is 15.2. The van der Waals surface area contributed by atoms with Gasteiger partial charge in [-0.05, 0) is 86.5 Å². The third-order valence-corrected chi connectivity index (χ3v) is 9.18. The van der Waals surface area contributed by atoms with Crippen LogP contribution < -0.4 is 10.6 Å². The molecule has 0 aromatic carbocycles. The Kier molecular flexibility index (Phi) is 3.90. The van der Waals surface area contributed by atoms with Gasteiger partial charge < -0.3 is 15.5 Å². The molecular formula is C24H35N3O. The Morgan fingerprint density at radius 1 is 1.11 bits per heavy atom. The highest BCUT2D eigenvalue weighted by Crippen LogP contribution is 2.54. The molecule has 4 bridgehead atoms. The van der Waals surface area contributed by atoms with Crippen molar-refractivity contribution >= 4 is 6.03 Å². The number of carbonyl (C=O) groups is 1. The van der Waals surface area contributed by atoms with Crippen molar-refractivity contribution in [2.24, 2.45) is 35.0 Å². The van der Waals surface area contributed by atoms with Gasteiger partial charge in [0.15, 0.2) is 0 Å². The minimum absolute atomic E-state index is 0.222. The van der Waals surface area contributed by atoms with Crippen LogP contribution >= 0.6 is 0 Å². The minimum atomic E-state index is 0.222. The molecule has 7 rings (SSSR count). The molecule has 0 aromatic heterocycles. The van der Waals surface area contributed by atoms with Crippen LogP contribution in [0.2, 0.25) is 0 Å². The fraction of sp³-hybridized carbons (Fsp3) is 0.792. The third-order valence-electron chi connectivity index (χ3n) is 9.18. The van der Waals surface area contributed by atoms with Crippen LogP contribution in [-0.2, 0) is 0 Å². The average molecular weight is 382 g/mol. The maximum Gasteiger partial charge on any atom is 0.317 e. The van der Waals surface area contributed by atoms with E-state index in [4.69, 9.17) is 0 Å². The van der Waals surface area contributed by atoms with Gasteiger partial charge in [0.05, 0.1) is 0 Å². The van der Waals surface area contributed by atoms with Crippen molar-refractivity contribution in [3.05, 3.63) is 23.4 Å². The maximum atomic E-state index is 13.1. The molecule has 2 N–H and O–H groups in total. The SMILES string of the molecule is CC1C=CC2=C(C1)NCC21CCN(C(=O)NC2C3CC4CC(C3)CC2C4)CC1. The van der Waals surface area contributed by atoms with Gasteiger partial charge >= 0.3 is 6.03 Å². The molecule has 1 atom stereocenters. The Bertz CT molecular complexity index is 702. The Hall–Kier alpha value is -1.45. The zero-order valence-electron chi connectivity index (χ0n) is 17.3. The molecule has 1 unspecified atom stereocenters. The van der Waals surface area contributed by atoms with Crippen molar-refractivity contribution < 1.29 is 4.79 Å². The molecule has 28 heavy (non-hydrogen) atoms. The van der Waals surface area contributed by atoms with Gasteiger partial charge in [0.1, 0.15) is 0 Å². The first-order chi connectivity index (χ1) is 13.6. The molecule has 0 radical (unpaired) electrons. The van der Waals surface area contributed by atoms with E-state index in [0.29, 0.717) is 12.0 Å². The highest BCUT2D eigenvalue weighted by atomic mass is 16.2. The van der Waals surface area contributed by atoms with Crippen LogP contribution in [0, 0.1) is 35.0 Å². The summed E-state index contributed by atoms with van der Waals surface area (Å²) in [5, 5.41) is 7.22. The van der Waals surface area contributed by atoms with Crippen LogP contribution in [0.3, 0.4) is 0 Å². The van der Waals surface area contributed by atoms with Gasteiger partial charge in [0, 0.05) is 36.8 Å². The summed E-state index contributed by atoms with van der Waals surface area (Å²) < 4.78 is 0. The minimum Gasteiger partial charge on any atom is -0.387 e. The second kappa shape index (κ2) is 6.27. The van der Waals surface area contributed by atoms with Gasteiger partial charge in [0.2, 0.25) is 0 Å². The molecule has 4 heteroatoms. The van der Waals surface area contributed by atoms with Gasteiger partial charge in [-0.1, -0.05) is 19.1 Å². The van der Waals surface area contributed by atoms with Crippen molar-refractivity contribution in [2.45, 2.75) is 64.3 Å². The third kappa shape index (κ3) is 2.66. The predicted octanol–water partition coefficient (Wildman–Crippen LogP) is 4.06. The summed E-state index contributed by atoms with van der Waals surface area (Å²) in [5.74, 6) is 4.10. The van der Waals surface area contributed by atoms with Gasteiger partial charge in [-0.3, -0.25) is 0 Å². The molecule has 2 amide bonds. The van der Waals surface area contributed by atoms with E-state index in [1.807, 2.05) is 0 Å². The average Bonchev–Trinajstić information content (AvgIpc) is 3.02. The number of allylic oxidation sites excluding steroid dienone is 3. The van der Waals surface area contributed by atoms with E-state index in [0.717, 1.165) is 62.6 Å². The summed E-state index contributed by atoms with van der Waals surface area (Å²) in [6.07, 6.45) is 15.1. The van der Waals surface area contributed by atoms with E-state index in [1.54, 1.807) is 5.57 Å². The molecular weight excluding hydrogens is 346 g/mol. The molecule has 2 aliphatic heterocycles. The molecule has 4 nitrogen and oxygen atoms in total. The van der Waals surface area contributed by atoms with Crippen LogP contribution in [0.1, 0.15) is 58.3 Å². The first-order valence-electron chi connectivity index (χ1n) is 11.8. The van der Waals surface area contributed by atoms with E-state index >= 15 is 0 Å². The number of rotatable bonds is 1. The van der Waals surface area contributed by atoms with E-state index in [1.165, 1.54) is 37.8 Å². The summed E-state index contributed by atoms with van der Waals surface area (Å²) in [7, 11) is 0. The molecule has 4 saturated carbocycles. The zero-order chi connectivity index (χ0) is 18.9. The van der Waals surface area contributed by atoms with E-state index in [9.17, 15) is 4.79 Å². The van der Waals surface area contributed by atoms with Crippen molar-refractivity contribution in [1.29, 1.82) is 0 Å². The number of piperidine rings is 1. The monoisotopic (exact) mass is 381 g/mol. The van der Waals surface area contributed by atoms with Crippen molar-refractivity contribution in [3.63, 3.8) is 0 Å². The molecule has 5 fully saturated rings. The number of carbonyl (C=O) groups excluding carboxylic acids is 1. The lowest BCUT2D eigenvalue weighted by molar-refractivity contribution is -0.0116. The number of hydrogen-bond acceptors (Lipinski definition) is 2. The highest BCUT2D eigenvalue weighted by molar-refractivity contribution is 5.75. The predicted molar refractivity (Wildman–Crippen MR) is 111 cm³/mol. The lowest BCUT2D eigenvalue weighted by atomic mass is 9.54. The second-order valence-electron chi connectivity index (χ2n) is 11.0. The number of nitrogens with zero attached hydrogens (tertiary/aromatic N) is 1. The maximum absolute atomic E-state index is 13.1. The molecule has 152 valence electrons. The van der Waals surface area contributed by atoms with Gasteiger partial charge in [-0.25, -0.2) is 4.79 Å². The van der Waals surface area contributed by atoms with Crippen LogP contribution in [-0.4, -0.2) is 36.6 Å². The van der Waals surface area contributed by atoms with Gasteiger partial charge in [0.25, 0.3) is 0 Å².